The zero-order chi connectivity index (χ0) is 19.8. The summed E-state index contributed by atoms with van der Waals surface area (Å²) in [6.07, 6.45) is 1.77. The van der Waals surface area contributed by atoms with Crippen LogP contribution in [0.15, 0.2) is 72.9 Å². The van der Waals surface area contributed by atoms with E-state index in [1.807, 2.05) is 42.5 Å². The maximum Gasteiger partial charge on any atom is 0.231 e. The number of hydrogen-bond donors (Lipinski definition) is 0. The standard InChI is InChI=1S/C24H17NO4/c1-27-18-9-7-16(8-10-18)24(26)22-19-12-21-20(28-14-29-21)11-17(19)13-25-23(22)15-5-3-2-4-6-15/h2-13H,14H2,1H3. The summed E-state index contributed by atoms with van der Waals surface area (Å²) < 4.78 is 16.2. The number of carbonyl (C=O) groups is 1. The second-order valence-electron chi connectivity index (χ2n) is 6.70. The van der Waals surface area contributed by atoms with Gasteiger partial charge in [-0.1, -0.05) is 30.3 Å². The molecule has 0 fully saturated rings. The van der Waals surface area contributed by atoms with Gasteiger partial charge in [-0.3, -0.25) is 9.78 Å². The molecule has 2 heterocycles. The summed E-state index contributed by atoms with van der Waals surface area (Å²) in [7, 11) is 1.60. The average Bonchev–Trinajstić information content (AvgIpc) is 3.24. The highest BCUT2D eigenvalue weighted by molar-refractivity contribution is 6.20. The average molecular weight is 383 g/mol. The van der Waals surface area contributed by atoms with Gasteiger partial charge >= 0.3 is 0 Å². The van der Waals surface area contributed by atoms with E-state index in [0.717, 1.165) is 16.3 Å². The Kier molecular flexibility index (Phi) is 4.13. The van der Waals surface area contributed by atoms with Crippen LogP contribution in [-0.4, -0.2) is 24.7 Å². The van der Waals surface area contributed by atoms with Crippen LogP contribution in [0.2, 0.25) is 0 Å². The monoisotopic (exact) mass is 383 g/mol. The lowest BCUT2D eigenvalue weighted by Gasteiger charge is -2.13. The molecule has 5 rings (SSSR count). The highest BCUT2D eigenvalue weighted by Gasteiger charge is 2.23. The maximum absolute atomic E-state index is 13.6. The first-order chi connectivity index (χ1) is 14.2. The predicted octanol–water partition coefficient (Wildman–Crippen LogP) is 4.87. The van der Waals surface area contributed by atoms with Crippen molar-refractivity contribution in [1.29, 1.82) is 0 Å². The van der Waals surface area contributed by atoms with Gasteiger partial charge in [0, 0.05) is 28.1 Å². The van der Waals surface area contributed by atoms with Crippen LogP contribution in [0.4, 0.5) is 0 Å². The quantitative estimate of drug-likeness (QED) is 0.471. The highest BCUT2D eigenvalue weighted by Crippen LogP contribution is 2.39. The molecule has 142 valence electrons. The summed E-state index contributed by atoms with van der Waals surface area (Å²) in [5, 5.41) is 1.61. The number of hydrogen-bond acceptors (Lipinski definition) is 5. The van der Waals surface area contributed by atoms with E-state index in [1.165, 1.54) is 0 Å². The van der Waals surface area contributed by atoms with Gasteiger partial charge < -0.3 is 14.2 Å². The molecule has 1 aliphatic rings. The molecule has 0 saturated heterocycles. The van der Waals surface area contributed by atoms with Gasteiger partial charge in [0.05, 0.1) is 18.4 Å². The van der Waals surface area contributed by atoms with Gasteiger partial charge in [-0.25, -0.2) is 0 Å². The highest BCUT2D eigenvalue weighted by atomic mass is 16.7. The Labute approximate surface area is 167 Å². The smallest absolute Gasteiger partial charge is 0.231 e. The molecule has 1 aliphatic heterocycles. The van der Waals surface area contributed by atoms with Crippen molar-refractivity contribution in [2.75, 3.05) is 13.9 Å². The van der Waals surface area contributed by atoms with E-state index in [9.17, 15) is 4.79 Å². The van der Waals surface area contributed by atoms with Crippen LogP contribution in [0.5, 0.6) is 17.2 Å². The fourth-order valence-electron chi connectivity index (χ4n) is 3.54. The molecule has 1 aromatic heterocycles. The third kappa shape index (κ3) is 2.97. The van der Waals surface area contributed by atoms with Crippen molar-refractivity contribution in [2.24, 2.45) is 0 Å². The Balaban J connectivity index is 1.76. The molecule has 3 aromatic carbocycles. The molecule has 29 heavy (non-hydrogen) atoms. The Morgan fingerprint density at radius 3 is 2.41 bits per heavy atom. The van der Waals surface area contributed by atoms with E-state index in [-0.39, 0.29) is 12.6 Å². The van der Waals surface area contributed by atoms with E-state index in [4.69, 9.17) is 14.2 Å². The minimum atomic E-state index is -0.108. The number of methoxy groups -OCH3 is 1. The maximum atomic E-state index is 13.6. The molecule has 0 N–H and O–H groups in total. The minimum Gasteiger partial charge on any atom is -0.497 e. The molecule has 5 nitrogen and oxygen atoms in total. The van der Waals surface area contributed by atoms with Gasteiger partial charge in [0.15, 0.2) is 17.3 Å². The topological polar surface area (TPSA) is 57.7 Å². The van der Waals surface area contributed by atoms with Crippen molar-refractivity contribution >= 4 is 16.6 Å². The lowest BCUT2D eigenvalue weighted by molar-refractivity contribution is 0.104. The van der Waals surface area contributed by atoms with E-state index < -0.39 is 0 Å². The Morgan fingerprint density at radius 1 is 0.966 bits per heavy atom. The molecular weight excluding hydrogens is 366 g/mol. The first-order valence-corrected chi connectivity index (χ1v) is 9.21. The van der Waals surface area contributed by atoms with E-state index in [1.54, 1.807) is 37.6 Å². The summed E-state index contributed by atoms with van der Waals surface area (Å²) in [5.74, 6) is 1.88. The SMILES string of the molecule is COc1ccc(C(=O)c2c(-c3ccccc3)ncc3cc4c(cc23)OCO4)cc1. The number of pyridine rings is 1. The van der Waals surface area contributed by atoms with Crippen molar-refractivity contribution in [3.8, 4) is 28.5 Å². The summed E-state index contributed by atoms with van der Waals surface area (Å²) >= 11 is 0. The Bertz CT molecular complexity index is 1220. The molecule has 0 amide bonds. The third-order valence-electron chi connectivity index (χ3n) is 5.01. The van der Waals surface area contributed by atoms with Crippen molar-refractivity contribution in [2.45, 2.75) is 0 Å². The Hall–Kier alpha value is -3.86. The van der Waals surface area contributed by atoms with Crippen molar-refractivity contribution in [3.63, 3.8) is 0 Å². The molecule has 0 atom stereocenters. The largest absolute Gasteiger partial charge is 0.497 e. The van der Waals surface area contributed by atoms with Gasteiger partial charge in [-0.15, -0.1) is 0 Å². The summed E-state index contributed by atoms with van der Waals surface area (Å²) in [5.41, 5.74) is 2.62. The van der Waals surface area contributed by atoms with Gasteiger partial charge in [0.1, 0.15) is 5.75 Å². The lowest BCUT2D eigenvalue weighted by Crippen LogP contribution is -2.06. The number of benzene rings is 3. The number of aromatic nitrogens is 1. The van der Waals surface area contributed by atoms with E-state index in [2.05, 4.69) is 4.98 Å². The fraction of sp³-hybridized carbons (Fsp3) is 0.0833. The van der Waals surface area contributed by atoms with Gasteiger partial charge in [-0.05, 0) is 36.4 Å². The van der Waals surface area contributed by atoms with E-state index >= 15 is 0 Å². The number of ether oxygens (including phenoxy) is 3. The Morgan fingerprint density at radius 2 is 1.69 bits per heavy atom. The molecule has 0 unspecified atom stereocenters. The molecule has 0 radical (unpaired) electrons. The second kappa shape index (κ2) is 6.95. The van der Waals surface area contributed by atoms with Crippen molar-refractivity contribution < 1.29 is 19.0 Å². The van der Waals surface area contributed by atoms with Crippen LogP contribution < -0.4 is 14.2 Å². The zero-order valence-electron chi connectivity index (χ0n) is 15.7. The molecule has 0 saturated carbocycles. The zero-order valence-corrected chi connectivity index (χ0v) is 15.7. The molecule has 0 spiro atoms. The van der Waals surface area contributed by atoms with Crippen LogP contribution >= 0.6 is 0 Å². The number of nitrogens with zero attached hydrogens (tertiary/aromatic N) is 1. The van der Waals surface area contributed by atoms with Crippen molar-refractivity contribution in [1.82, 2.24) is 4.98 Å². The number of ketones is 1. The molecule has 0 aliphatic carbocycles. The second-order valence-corrected chi connectivity index (χ2v) is 6.70. The molecule has 0 bridgehead atoms. The molecule has 4 aromatic rings. The lowest BCUT2D eigenvalue weighted by atomic mass is 9.93. The number of fused-ring (bicyclic) bond motifs is 2. The first-order valence-electron chi connectivity index (χ1n) is 9.21. The summed E-state index contributed by atoms with van der Waals surface area (Å²) in [6.45, 7) is 0.173. The molecule has 5 heteroatoms. The first kappa shape index (κ1) is 17.3. The van der Waals surface area contributed by atoms with Gasteiger partial charge in [0.25, 0.3) is 0 Å². The minimum absolute atomic E-state index is 0.108. The van der Waals surface area contributed by atoms with Gasteiger partial charge in [0.2, 0.25) is 6.79 Å². The predicted molar refractivity (Wildman–Crippen MR) is 110 cm³/mol. The molecular formula is C24H17NO4. The number of carbonyl (C=O) groups excluding carboxylic acids is 1. The normalized spacial score (nSPS) is 12.2. The third-order valence-corrected chi connectivity index (χ3v) is 5.01. The summed E-state index contributed by atoms with van der Waals surface area (Å²) in [4.78, 5) is 18.2. The van der Waals surface area contributed by atoms with Crippen molar-refractivity contribution in [3.05, 3.63) is 84.1 Å². The van der Waals surface area contributed by atoms with E-state index in [0.29, 0.717) is 34.1 Å². The van der Waals surface area contributed by atoms with Crippen LogP contribution in [-0.2, 0) is 0 Å². The van der Waals surface area contributed by atoms with Crippen LogP contribution in [0, 0.1) is 0 Å². The van der Waals surface area contributed by atoms with Crippen LogP contribution in [0.25, 0.3) is 22.0 Å². The van der Waals surface area contributed by atoms with Gasteiger partial charge in [-0.2, -0.15) is 0 Å². The number of rotatable bonds is 4. The van der Waals surface area contributed by atoms with Crippen LogP contribution in [0.1, 0.15) is 15.9 Å². The summed E-state index contributed by atoms with van der Waals surface area (Å²) in [6, 6.07) is 20.5. The fourth-order valence-corrected chi connectivity index (χ4v) is 3.54. The van der Waals surface area contributed by atoms with Crippen LogP contribution in [0.3, 0.4) is 0 Å².